The number of anilines is 1. The van der Waals surface area contributed by atoms with Gasteiger partial charge in [-0.3, -0.25) is 4.79 Å². The number of hydrogen-bond acceptors (Lipinski definition) is 8. The minimum Gasteiger partial charge on any atom is -0.451 e. The maximum Gasteiger partial charge on any atom is 0.257 e. The third-order valence-corrected chi connectivity index (χ3v) is 8.85. The molecule has 1 saturated heterocycles. The highest BCUT2D eigenvalue weighted by Gasteiger charge is 2.33. The van der Waals surface area contributed by atoms with Crippen molar-refractivity contribution in [3.63, 3.8) is 0 Å². The lowest BCUT2D eigenvalue weighted by molar-refractivity contribution is 0.0713. The molecule has 0 bridgehead atoms. The predicted molar refractivity (Wildman–Crippen MR) is 157 cm³/mol. The van der Waals surface area contributed by atoms with E-state index in [2.05, 4.69) is 31.8 Å². The second-order valence-corrected chi connectivity index (χ2v) is 13.4. The van der Waals surface area contributed by atoms with E-state index in [9.17, 15) is 17.6 Å². The Morgan fingerprint density at radius 1 is 1.20 bits per heavy atom. The topological polar surface area (TPSA) is 117 Å². The van der Waals surface area contributed by atoms with E-state index in [-0.39, 0.29) is 35.3 Å². The number of carbonyl (C=O) groups is 1. The monoisotopic (exact) mass is 590 g/mol. The van der Waals surface area contributed by atoms with E-state index in [0.717, 1.165) is 45.3 Å². The molecule has 2 fully saturated rings. The Labute approximate surface area is 243 Å². The van der Waals surface area contributed by atoms with Crippen molar-refractivity contribution in [2.45, 2.75) is 71.5 Å². The van der Waals surface area contributed by atoms with Crippen LogP contribution in [0, 0.1) is 17.7 Å². The SMILES string of the molecule is CCN(C(=O)c1cc(F)ccc1Oc1cncnc1N1CC(C)C(NCC2CCC(NS(C)(=O)=O)CC2)C1)C(C)C. The molecule has 2 atom stereocenters. The maximum atomic E-state index is 14.2. The van der Waals surface area contributed by atoms with Gasteiger partial charge in [-0.05, 0) is 83.0 Å². The standard InChI is InChI=1S/C29H43FN6O4S/c1-6-36(19(2)3)29(37)24-13-22(30)9-12-26(24)40-27-15-31-18-33-28(27)35-16-20(4)25(17-35)32-14-21-7-10-23(11-8-21)34-41(5,38)39/h9,12-13,15,18-21,23,25,32,34H,6-8,10-11,14,16-17H2,1-5H3. The minimum absolute atomic E-state index is 0.0330. The molecule has 0 spiro atoms. The number of hydrogen-bond donors (Lipinski definition) is 2. The molecule has 4 rings (SSSR count). The zero-order valence-corrected chi connectivity index (χ0v) is 25.5. The number of nitrogens with one attached hydrogen (secondary N) is 2. The second-order valence-electron chi connectivity index (χ2n) is 11.6. The predicted octanol–water partition coefficient (Wildman–Crippen LogP) is 3.80. The zero-order chi connectivity index (χ0) is 29.7. The van der Waals surface area contributed by atoms with Crippen LogP contribution in [0.3, 0.4) is 0 Å². The van der Waals surface area contributed by atoms with Crippen LogP contribution in [0.1, 0.15) is 63.7 Å². The van der Waals surface area contributed by atoms with Crippen LogP contribution in [0.15, 0.2) is 30.7 Å². The van der Waals surface area contributed by atoms with E-state index >= 15 is 0 Å². The van der Waals surface area contributed by atoms with Gasteiger partial charge in [0.1, 0.15) is 17.9 Å². The van der Waals surface area contributed by atoms with Crippen LogP contribution < -0.4 is 19.7 Å². The van der Waals surface area contributed by atoms with Crippen LogP contribution in [0.25, 0.3) is 0 Å². The number of sulfonamides is 1. The van der Waals surface area contributed by atoms with Gasteiger partial charge < -0.3 is 19.9 Å². The number of nitrogens with zero attached hydrogens (tertiary/aromatic N) is 4. The first-order valence-corrected chi connectivity index (χ1v) is 16.4. The van der Waals surface area contributed by atoms with Gasteiger partial charge in [-0.15, -0.1) is 0 Å². The van der Waals surface area contributed by atoms with E-state index in [4.69, 9.17) is 4.74 Å². The van der Waals surface area contributed by atoms with Crippen molar-refractivity contribution in [1.82, 2.24) is 24.9 Å². The fourth-order valence-electron chi connectivity index (χ4n) is 5.91. The second kappa shape index (κ2) is 13.4. The molecule has 2 aromatic rings. The average molecular weight is 591 g/mol. The van der Waals surface area contributed by atoms with Gasteiger partial charge in [-0.25, -0.2) is 27.5 Å². The normalized spacial score (nSPS) is 23.1. The molecule has 12 heteroatoms. The van der Waals surface area contributed by atoms with Crippen LogP contribution >= 0.6 is 0 Å². The molecule has 10 nitrogen and oxygen atoms in total. The summed E-state index contributed by atoms with van der Waals surface area (Å²) in [5.41, 5.74) is 0.158. The van der Waals surface area contributed by atoms with Crippen LogP contribution in [0.4, 0.5) is 10.2 Å². The number of carbonyl (C=O) groups excluding carboxylic acids is 1. The highest BCUT2D eigenvalue weighted by Crippen LogP contribution is 2.35. The summed E-state index contributed by atoms with van der Waals surface area (Å²) in [5.74, 6) is 1.35. The van der Waals surface area contributed by atoms with E-state index in [0.29, 0.717) is 29.9 Å². The first-order chi connectivity index (χ1) is 19.4. The third-order valence-electron chi connectivity index (χ3n) is 8.08. The number of ether oxygens (including phenoxy) is 1. The van der Waals surface area contributed by atoms with E-state index in [1.54, 1.807) is 11.1 Å². The third kappa shape index (κ3) is 8.14. The summed E-state index contributed by atoms with van der Waals surface area (Å²) in [6.07, 6.45) is 7.95. The van der Waals surface area contributed by atoms with Gasteiger partial charge in [0, 0.05) is 37.8 Å². The molecule has 2 N–H and O–H groups in total. The lowest BCUT2D eigenvalue weighted by atomic mass is 9.86. The summed E-state index contributed by atoms with van der Waals surface area (Å²) < 4.78 is 46.3. The van der Waals surface area contributed by atoms with Gasteiger partial charge in [0.15, 0.2) is 11.6 Å². The fourth-order valence-corrected chi connectivity index (χ4v) is 6.75. The van der Waals surface area contributed by atoms with Crippen LogP contribution in [0.5, 0.6) is 11.5 Å². The Balaban J connectivity index is 1.42. The number of halogens is 1. The maximum absolute atomic E-state index is 14.2. The molecule has 2 heterocycles. The Bertz CT molecular complexity index is 1300. The summed E-state index contributed by atoms with van der Waals surface area (Å²) in [6, 6.07) is 4.21. The summed E-state index contributed by atoms with van der Waals surface area (Å²) in [6.45, 7) is 10.8. The molecule has 2 aliphatic rings. The molecular formula is C29H43FN6O4S. The smallest absolute Gasteiger partial charge is 0.257 e. The molecule has 1 saturated carbocycles. The minimum atomic E-state index is -3.17. The molecule has 1 aliphatic carbocycles. The Morgan fingerprint density at radius 2 is 1.93 bits per heavy atom. The lowest BCUT2D eigenvalue weighted by Crippen LogP contribution is -2.42. The number of benzene rings is 1. The van der Waals surface area contributed by atoms with E-state index < -0.39 is 15.8 Å². The molecule has 1 amide bonds. The molecule has 1 aromatic heterocycles. The van der Waals surface area contributed by atoms with Crippen molar-refractivity contribution in [3.05, 3.63) is 42.1 Å². The molecule has 0 radical (unpaired) electrons. The Kier molecular flexibility index (Phi) is 10.2. The first-order valence-electron chi connectivity index (χ1n) is 14.5. The average Bonchev–Trinajstić information content (AvgIpc) is 3.29. The molecule has 41 heavy (non-hydrogen) atoms. The van der Waals surface area contributed by atoms with Gasteiger partial charge >= 0.3 is 0 Å². The largest absolute Gasteiger partial charge is 0.451 e. The van der Waals surface area contributed by atoms with Crippen molar-refractivity contribution in [3.8, 4) is 11.5 Å². The van der Waals surface area contributed by atoms with Gasteiger partial charge in [0.2, 0.25) is 10.0 Å². The molecule has 226 valence electrons. The van der Waals surface area contributed by atoms with Crippen molar-refractivity contribution in [2.24, 2.45) is 11.8 Å². The van der Waals surface area contributed by atoms with Gasteiger partial charge in [0.25, 0.3) is 5.91 Å². The highest BCUT2D eigenvalue weighted by molar-refractivity contribution is 7.88. The Morgan fingerprint density at radius 3 is 2.59 bits per heavy atom. The highest BCUT2D eigenvalue weighted by atomic mass is 32.2. The quantitative estimate of drug-likeness (QED) is 0.406. The molecular weight excluding hydrogens is 547 g/mol. The van der Waals surface area contributed by atoms with Crippen LogP contribution in [0.2, 0.25) is 0 Å². The summed E-state index contributed by atoms with van der Waals surface area (Å²) in [4.78, 5) is 25.8. The summed E-state index contributed by atoms with van der Waals surface area (Å²) >= 11 is 0. The summed E-state index contributed by atoms with van der Waals surface area (Å²) in [7, 11) is -3.17. The number of aromatic nitrogens is 2. The van der Waals surface area contributed by atoms with Crippen LogP contribution in [-0.4, -0.2) is 79.8 Å². The zero-order valence-electron chi connectivity index (χ0n) is 24.6. The van der Waals surface area contributed by atoms with Crippen molar-refractivity contribution in [1.29, 1.82) is 0 Å². The Hall–Kier alpha value is -2.83. The molecule has 1 aromatic carbocycles. The van der Waals surface area contributed by atoms with Crippen molar-refractivity contribution in [2.75, 3.05) is 37.3 Å². The number of amides is 1. The fraction of sp³-hybridized carbons (Fsp3) is 0.621. The van der Waals surface area contributed by atoms with E-state index in [1.165, 1.54) is 30.8 Å². The van der Waals surface area contributed by atoms with Gasteiger partial charge in [-0.1, -0.05) is 6.92 Å². The lowest BCUT2D eigenvalue weighted by Gasteiger charge is -2.30. The van der Waals surface area contributed by atoms with E-state index in [1.807, 2.05) is 20.8 Å². The van der Waals surface area contributed by atoms with Gasteiger partial charge in [0.05, 0.1) is 18.0 Å². The first kappa shape index (κ1) is 31.1. The molecule has 1 aliphatic heterocycles. The molecule has 2 unspecified atom stereocenters. The van der Waals surface area contributed by atoms with Crippen LogP contribution in [-0.2, 0) is 10.0 Å². The van der Waals surface area contributed by atoms with Crippen molar-refractivity contribution >= 4 is 21.7 Å². The summed E-state index contributed by atoms with van der Waals surface area (Å²) in [5, 5.41) is 3.74. The number of rotatable bonds is 11. The van der Waals surface area contributed by atoms with Crippen molar-refractivity contribution < 1.29 is 22.3 Å². The van der Waals surface area contributed by atoms with Gasteiger partial charge in [-0.2, -0.15) is 0 Å².